The maximum absolute atomic E-state index is 10.0. The summed E-state index contributed by atoms with van der Waals surface area (Å²) in [6.07, 6.45) is 5.51. The van der Waals surface area contributed by atoms with Gasteiger partial charge in [-0.2, -0.15) is 0 Å². The van der Waals surface area contributed by atoms with Crippen molar-refractivity contribution in [3.63, 3.8) is 0 Å². The molecule has 1 aliphatic rings. The van der Waals surface area contributed by atoms with Crippen molar-refractivity contribution in [3.8, 4) is 5.75 Å². The molecule has 1 aromatic rings. The van der Waals surface area contributed by atoms with Crippen LogP contribution in [0.4, 0.5) is 5.69 Å². The molecule has 1 aliphatic carbocycles. The zero-order valence-corrected chi connectivity index (χ0v) is 10.7. The highest BCUT2D eigenvalue weighted by atomic mass is 16.3. The molecule has 17 heavy (non-hydrogen) atoms. The second-order valence-electron chi connectivity index (χ2n) is 5.31. The first-order valence-electron chi connectivity index (χ1n) is 6.33. The molecule has 1 aromatic carbocycles. The molecule has 0 atom stereocenters. The first-order chi connectivity index (χ1) is 8.03. The Morgan fingerprint density at radius 3 is 2.41 bits per heavy atom. The van der Waals surface area contributed by atoms with Gasteiger partial charge in [0.15, 0.2) is 0 Å². The first-order valence-corrected chi connectivity index (χ1v) is 6.33. The number of phenols is 1. The summed E-state index contributed by atoms with van der Waals surface area (Å²) in [5.41, 5.74) is 8.13. The summed E-state index contributed by atoms with van der Waals surface area (Å²) in [6.45, 7) is 0. The van der Waals surface area contributed by atoms with Gasteiger partial charge in [0, 0.05) is 30.9 Å². The summed E-state index contributed by atoms with van der Waals surface area (Å²) in [5.74, 6) is 0.333. The Labute approximate surface area is 103 Å². The van der Waals surface area contributed by atoms with Crippen molar-refractivity contribution in [2.75, 3.05) is 19.0 Å². The summed E-state index contributed by atoms with van der Waals surface area (Å²) < 4.78 is 0. The molecule has 2 rings (SSSR count). The number of nitrogens with two attached hydrogens (primary N) is 1. The van der Waals surface area contributed by atoms with E-state index in [1.165, 1.54) is 6.42 Å². The Morgan fingerprint density at radius 1 is 1.18 bits per heavy atom. The maximum atomic E-state index is 10.0. The predicted molar refractivity (Wildman–Crippen MR) is 71.4 cm³/mol. The Morgan fingerprint density at radius 2 is 1.82 bits per heavy atom. The molecule has 94 valence electrons. The fourth-order valence-corrected chi connectivity index (χ4v) is 2.65. The largest absolute Gasteiger partial charge is 0.508 e. The number of rotatable bonds is 2. The molecule has 0 saturated heterocycles. The summed E-state index contributed by atoms with van der Waals surface area (Å²) in [6, 6.07) is 5.71. The Bertz CT molecular complexity index is 395. The Hall–Kier alpha value is -1.22. The molecule has 3 nitrogen and oxygen atoms in total. The number of nitrogens with zero attached hydrogens (tertiary/aromatic N) is 1. The van der Waals surface area contributed by atoms with Gasteiger partial charge in [0.05, 0.1) is 0 Å². The quantitative estimate of drug-likeness (QED) is 0.827. The third-order valence-electron chi connectivity index (χ3n) is 3.78. The van der Waals surface area contributed by atoms with Crippen molar-refractivity contribution in [1.29, 1.82) is 0 Å². The van der Waals surface area contributed by atoms with Crippen molar-refractivity contribution in [2.45, 2.75) is 37.6 Å². The molecule has 0 heterocycles. The van der Waals surface area contributed by atoms with Crippen LogP contribution in [-0.4, -0.2) is 19.2 Å². The summed E-state index contributed by atoms with van der Waals surface area (Å²) >= 11 is 0. The number of phenolic OH excluding ortho intramolecular Hbond substituents is 1. The van der Waals surface area contributed by atoms with Gasteiger partial charge in [0.2, 0.25) is 0 Å². The molecule has 1 fully saturated rings. The molecule has 0 bridgehead atoms. The summed E-state index contributed by atoms with van der Waals surface area (Å²) in [5, 5.41) is 10.0. The fraction of sp³-hybridized carbons (Fsp3) is 0.571. The normalized spacial score (nSPS) is 19.0. The lowest BCUT2D eigenvalue weighted by Gasteiger charge is -2.35. The fourth-order valence-electron chi connectivity index (χ4n) is 2.65. The molecule has 0 spiro atoms. The minimum atomic E-state index is -0.339. The van der Waals surface area contributed by atoms with Crippen molar-refractivity contribution in [1.82, 2.24) is 0 Å². The molecule has 0 aromatic heterocycles. The van der Waals surface area contributed by atoms with Crippen LogP contribution in [0.1, 0.15) is 37.7 Å². The number of hydrogen-bond donors (Lipinski definition) is 2. The molecule has 0 aliphatic heterocycles. The number of benzene rings is 1. The molecule has 0 unspecified atom stereocenters. The van der Waals surface area contributed by atoms with E-state index in [0.29, 0.717) is 5.75 Å². The highest BCUT2D eigenvalue weighted by molar-refractivity contribution is 5.54. The number of aromatic hydroxyl groups is 1. The maximum Gasteiger partial charge on any atom is 0.120 e. The van der Waals surface area contributed by atoms with E-state index in [1.54, 1.807) is 6.07 Å². The standard InChI is InChI=1S/C14H22N2O/c1-16(2)11-6-7-13(17)12(10-11)14(15)8-4-3-5-9-14/h6-7,10,17H,3-5,8-9,15H2,1-2H3. The van der Waals surface area contributed by atoms with Crippen LogP contribution in [0.3, 0.4) is 0 Å². The van der Waals surface area contributed by atoms with E-state index in [4.69, 9.17) is 5.73 Å². The van der Waals surface area contributed by atoms with Gasteiger partial charge < -0.3 is 15.7 Å². The van der Waals surface area contributed by atoms with Crippen molar-refractivity contribution < 1.29 is 5.11 Å². The van der Waals surface area contributed by atoms with E-state index in [9.17, 15) is 5.11 Å². The van der Waals surface area contributed by atoms with E-state index in [-0.39, 0.29) is 5.54 Å². The topological polar surface area (TPSA) is 49.5 Å². The van der Waals surface area contributed by atoms with Crippen LogP contribution < -0.4 is 10.6 Å². The van der Waals surface area contributed by atoms with Crippen molar-refractivity contribution >= 4 is 5.69 Å². The van der Waals surface area contributed by atoms with Crippen LogP contribution in [0.15, 0.2) is 18.2 Å². The zero-order valence-electron chi connectivity index (χ0n) is 10.7. The SMILES string of the molecule is CN(C)c1ccc(O)c(C2(N)CCCCC2)c1. The lowest BCUT2D eigenvalue weighted by atomic mass is 9.77. The van der Waals surface area contributed by atoms with Gasteiger partial charge in [-0.3, -0.25) is 0 Å². The van der Waals surface area contributed by atoms with Crippen LogP contribution in [0, 0.1) is 0 Å². The molecule has 0 amide bonds. The van der Waals surface area contributed by atoms with Gasteiger partial charge >= 0.3 is 0 Å². The second-order valence-corrected chi connectivity index (χ2v) is 5.31. The van der Waals surface area contributed by atoms with E-state index in [1.807, 2.05) is 31.1 Å². The average molecular weight is 234 g/mol. The van der Waals surface area contributed by atoms with Gasteiger partial charge in [-0.1, -0.05) is 19.3 Å². The Balaban J connectivity index is 2.38. The smallest absolute Gasteiger partial charge is 0.120 e. The van der Waals surface area contributed by atoms with Gasteiger partial charge in [0.1, 0.15) is 5.75 Å². The monoisotopic (exact) mass is 234 g/mol. The van der Waals surface area contributed by atoms with E-state index in [2.05, 4.69) is 0 Å². The summed E-state index contributed by atoms with van der Waals surface area (Å²) in [7, 11) is 4.00. The average Bonchev–Trinajstić information content (AvgIpc) is 2.30. The van der Waals surface area contributed by atoms with Crippen LogP contribution in [-0.2, 0) is 5.54 Å². The zero-order chi connectivity index (χ0) is 12.5. The van der Waals surface area contributed by atoms with E-state index in [0.717, 1.165) is 36.9 Å². The van der Waals surface area contributed by atoms with E-state index >= 15 is 0 Å². The van der Waals surface area contributed by atoms with Crippen molar-refractivity contribution in [3.05, 3.63) is 23.8 Å². The number of anilines is 1. The second kappa shape index (κ2) is 4.57. The summed E-state index contributed by atoms with van der Waals surface area (Å²) in [4.78, 5) is 2.04. The third-order valence-corrected chi connectivity index (χ3v) is 3.78. The number of hydrogen-bond acceptors (Lipinski definition) is 3. The van der Waals surface area contributed by atoms with E-state index < -0.39 is 0 Å². The van der Waals surface area contributed by atoms with Crippen LogP contribution >= 0.6 is 0 Å². The molecule has 3 N–H and O–H groups in total. The lowest BCUT2D eigenvalue weighted by molar-refractivity contribution is 0.292. The van der Waals surface area contributed by atoms with Gasteiger partial charge in [-0.15, -0.1) is 0 Å². The third kappa shape index (κ3) is 2.39. The molecule has 0 radical (unpaired) electrons. The Kier molecular flexibility index (Phi) is 3.29. The van der Waals surface area contributed by atoms with Crippen LogP contribution in [0.2, 0.25) is 0 Å². The molecular formula is C14H22N2O. The molecule has 1 saturated carbocycles. The van der Waals surface area contributed by atoms with Crippen LogP contribution in [0.25, 0.3) is 0 Å². The first kappa shape index (κ1) is 12.2. The van der Waals surface area contributed by atoms with Gasteiger partial charge in [-0.25, -0.2) is 0 Å². The molecular weight excluding hydrogens is 212 g/mol. The minimum Gasteiger partial charge on any atom is -0.508 e. The van der Waals surface area contributed by atoms with Crippen molar-refractivity contribution in [2.24, 2.45) is 5.73 Å². The lowest BCUT2D eigenvalue weighted by Crippen LogP contribution is -2.38. The highest BCUT2D eigenvalue weighted by Gasteiger charge is 2.31. The predicted octanol–water partition coefficient (Wildman–Crippen LogP) is 2.58. The minimum absolute atomic E-state index is 0.333. The van der Waals surface area contributed by atoms with Gasteiger partial charge in [0.25, 0.3) is 0 Å². The van der Waals surface area contributed by atoms with Gasteiger partial charge in [-0.05, 0) is 31.0 Å². The van der Waals surface area contributed by atoms with Crippen LogP contribution in [0.5, 0.6) is 5.75 Å². The molecule has 3 heteroatoms. The highest BCUT2D eigenvalue weighted by Crippen LogP contribution is 2.40.